The van der Waals surface area contributed by atoms with Crippen LogP contribution in [0.4, 0.5) is 18.9 Å². The molecule has 1 saturated heterocycles. The van der Waals surface area contributed by atoms with E-state index < -0.39 is 32.2 Å². The highest BCUT2D eigenvalue weighted by Gasteiger charge is 2.30. The molecule has 1 unspecified atom stereocenters. The van der Waals surface area contributed by atoms with Crippen LogP contribution < -0.4 is 5.32 Å². The Bertz CT molecular complexity index is 1280. The Morgan fingerprint density at radius 1 is 1.21 bits per heavy atom. The minimum absolute atomic E-state index is 0.0789. The van der Waals surface area contributed by atoms with E-state index in [4.69, 9.17) is 4.52 Å². The van der Waals surface area contributed by atoms with E-state index in [9.17, 15) is 26.4 Å². The van der Waals surface area contributed by atoms with Crippen LogP contribution in [0.1, 0.15) is 24.7 Å². The molecule has 1 aliphatic heterocycles. The van der Waals surface area contributed by atoms with Gasteiger partial charge in [0.1, 0.15) is 5.82 Å². The Balaban J connectivity index is 1.41. The predicted molar refractivity (Wildman–Crippen MR) is 116 cm³/mol. The molecule has 180 valence electrons. The summed E-state index contributed by atoms with van der Waals surface area (Å²) in [4.78, 5) is 18.1. The van der Waals surface area contributed by atoms with Crippen molar-refractivity contribution in [3.8, 4) is 11.4 Å². The molecule has 1 atom stereocenters. The van der Waals surface area contributed by atoms with Gasteiger partial charge in [-0.25, -0.2) is 12.8 Å². The van der Waals surface area contributed by atoms with Crippen LogP contribution in [0.3, 0.4) is 0 Å². The van der Waals surface area contributed by atoms with Gasteiger partial charge in [0.25, 0.3) is 0 Å². The molecule has 0 aliphatic carbocycles. The fourth-order valence-corrected chi connectivity index (χ4v) is 4.74. The summed E-state index contributed by atoms with van der Waals surface area (Å²) in [7, 11) is -4.87. The maximum absolute atomic E-state index is 13.5. The number of alkyl halides is 2. The monoisotopic (exact) mass is 494 g/mol. The Labute approximate surface area is 193 Å². The second-order valence-electron chi connectivity index (χ2n) is 7.89. The molecule has 1 aromatic heterocycles. The molecule has 4 rings (SSSR count). The number of anilines is 1. The highest BCUT2D eigenvalue weighted by atomic mass is 32.2. The van der Waals surface area contributed by atoms with Gasteiger partial charge in [-0.1, -0.05) is 29.4 Å². The summed E-state index contributed by atoms with van der Waals surface area (Å²) in [6, 6.07) is 10.9. The van der Waals surface area contributed by atoms with E-state index in [-0.39, 0.29) is 24.0 Å². The van der Waals surface area contributed by atoms with Crippen LogP contribution in [0, 0.1) is 5.82 Å². The lowest BCUT2D eigenvalue weighted by Crippen LogP contribution is -2.40. The lowest BCUT2D eigenvalue weighted by Gasteiger charge is -2.30. The average Bonchev–Trinajstić information content (AvgIpc) is 3.30. The zero-order valence-corrected chi connectivity index (χ0v) is 18.6. The zero-order valence-electron chi connectivity index (χ0n) is 17.8. The van der Waals surface area contributed by atoms with Crippen molar-refractivity contribution >= 4 is 21.4 Å². The van der Waals surface area contributed by atoms with Crippen LogP contribution >= 0.6 is 0 Å². The molecule has 1 aliphatic rings. The number of halogens is 3. The van der Waals surface area contributed by atoms with E-state index >= 15 is 0 Å². The van der Waals surface area contributed by atoms with Gasteiger partial charge in [-0.3, -0.25) is 9.69 Å². The highest BCUT2D eigenvalue weighted by Crippen LogP contribution is 2.29. The Morgan fingerprint density at radius 2 is 2.00 bits per heavy atom. The van der Waals surface area contributed by atoms with Gasteiger partial charge in [0, 0.05) is 12.1 Å². The number of nitrogens with one attached hydrogen (secondary N) is 1. The van der Waals surface area contributed by atoms with Crippen molar-refractivity contribution in [1.82, 2.24) is 15.0 Å². The van der Waals surface area contributed by atoms with E-state index in [1.165, 1.54) is 30.3 Å². The van der Waals surface area contributed by atoms with Gasteiger partial charge >= 0.3 is 5.76 Å². The first-order chi connectivity index (χ1) is 16.2. The summed E-state index contributed by atoms with van der Waals surface area (Å²) >= 11 is 0. The van der Waals surface area contributed by atoms with Crippen LogP contribution in [0.15, 0.2) is 57.9 Å². The first-order valence-corrected chi connectivity index (χ1v) is 12.0. The van der Waals surface area contributed by atoms with Crippen LogP contribution in [-0.2, 0) is 14.6 Å². The minimum atomic E-state index is -4.87. The molecule has 2 heterocycles. The van der Waals surface area contributed by atoms with Crippen molar-refractivity contribution in [1.29, 1.82) is 0 Å². The molecule has 1 N–H and O–H groups in total. The molecule has 3 aromatic rings. The van der Waals surface area contributed by atoms with Gasteiger partial charge in [-0.15, -0.1) is 0 Å². The number of hydrogen-bond acceptors (Lipinski definition) is 7. The van der Waals surface area contributed by atoms with Crippen LogP contribution in [0.5, 0.6) is 0 Å². The first kappa shape index (κ1) is 23.9. The van der Waals surface area contributed by atoms with Crippen molar-refractivity contribution in [2.45, 2.75) is 29.4 Å². The number of para-hydroxylation sites is 1. The number of likely N-dealkylation sites (tertiary alicyclic amines) is 1. The third kappa shape index (κ3) is 5.28. The zero-order chi connectivity index (χ0) is 24.3. The lowest BCUT2D eigenvalue weighted by molar-refractivity contribution is -0.117. The Hall–Kier alpha value is -3.25. The second-order valence-corrected chi connectivity index (χ2v) is 9.78. The normalized spacial score (nSPS) is 17.1. The van der Waals surface area contributed by atoms with Crippen molar-refractivity contribution in [2.24, 2.45) is 0 Å². The van der Waals surface area contributed by atoms with E-state index in [0.29, 0.717) is 24.5 Å². The average molecular weight is 494 g/mol. The van der Waals surface area contributed by atoms with E-state index in [1.54, 1.807) is 12.1 Å². The van der Waals surface area contributed by atoms with E-state index in [1.807, 2.05) is 4.90 Å². The summed E-state index contributed by atoms with van der Waals surface area (Å²) in [5.74, 6) is -4.06. The van der Waals surface area contributed by atoms with Gasteiger partial charge in [-0.2, -0.15) is 13.8 Å². The summed E-state index contributed by atoms with van der Waals surface area (Å²) < 4.78 is 68.6. The van der Waals surface area contributed by atoms with E-state index in [2.05, 4.69) is 15.5 Å². The quantitative estimate of drug-likeness (QED) is 0.534. The van der Waals surface area contributed by atoms with Gasteiger partial charge in [-0.05, 0) is 43.7 Å². The molecule has 0 radical (unpaired) electrons. The summed E-state index contributed by atoms with van der Waals surface area (Å²) in [6.07, 6.45) is 1.49. The number of benzene rings is 2. The van der Waals surface area contributed by atoms with Crippen LogP contribution in [-0.4, -0.2) is 54.8 Å². The Kier molecular flexibility index (Phi) is 6.98. The van der Waals surface area contributed by atoms with Crippen molar-refractivity contribution in [3.63, 3.8) is 0 Å². The van der Waals surface area contributed by atoms with E-state index in [0.717, 1.165) is 18.9 Å². The number of aromatic nitrogens is 2. The number of piperidine rings is 1. The number of sulfone groups is 1. The molecule has 34 heavy (non-hydrogen) atoms. The number of hydrogen-bond donors (Lipinski definition) is 1. The number of amides is 1. The van der Waals surface area contributed by atoms with Crippen molar-refractivity contribution in [3.05, 3.63) is 60.2 Å². The molecule has 1 amide bonds. The van der Waals surface area contributed by atoms with Gasteiger partial charge in [0.15, 0.2) is 0 Å². The van der Waals surface area contributed by atoms with Crippen LogP contribution in [0.2, 0.25) is 0 Å². The molecule has 0 spiro atoms. The number of carbonyl (C=O) groups excluding carboxylic acids is 1. The van der Waals surface area contributed by atoms with Gasteiger partial charge < -0.3 is 9.84 Å². The van der Waals surface area contributed by atoms with Gasteiger partial charge in [0.05, 0.1) is 23.0 Å². The fraction of sp³-hybridized carbons (Fsp3) is 0.318. The van der Waals surface area contributed by atoms with Crippen molar-refractivity contribution in [2.75, 3.05) is 25.0 Å². The molecule has 0 bridgehead atoms. The Morgan fingerprint density at radius 3 is 2.76 bits per heavy atom. The predicted octanol–water partition coefficient (Wildman–Crippen LogP) is 3.69. The standard InChI is InChI=1S/C22H21F3N4O4S/c23-16-7-3-5-14(11-16)20-27-21(33-28-20)15-6-4-10-29(12-15)13-19(30)26-17-8-1-2-9-18(17)34(31,32)22(24)25/h1-3,5,7-9,11,15,22H,4,6,10,12-13H2,(H,26,30). The smallest absolute Gasteiger partial charge is 0.339 e. The molecule has 12 heteroatoms. The summed E-state index contributed by atoms with van der Waals surface area (Å²) in [5.41, 5.74) is 0.289. The maximum atomic E-state index is 13.5. The van der Waals surface area contributed by atoms with Crippen LogP contribution in [0.25, 0.3) is 11.4 Å². The summed E-state index contributed by atoms with van der Waals surface area (Å²) in [6.45, 7) is 0.950. The molecular formula is C22H21F3N4O4S. The number of carbonyl (C=O) groups is 1. The number of nitrogens with zero attached hydrogens (tertiary/aromatic N) is 3. The molecule has 1 fully saturated rings. The highest BCUT2D eigenvalue weighted by molar-refractivity contribution is 7.91. The summed E-state index contributed by atoms with van der Waals surface area (Å²) in [5, 5.41) is 6.35. The molecular weight excluding hydrogens is 473 g/mol. The molecule has 2 aromatic carbocycles. The number of rotatable bonds is 7. The lowest BCUT2D eigenvalue weighted by atomic mass is 9.98. The second kappa shape index (κ2) is 9.94. The first-order valence-electron chi connectivity index (χ1n) is 10.5. The molecule has 8 nitrogen and oxygen atoms in total. The largest absolute Gasteiger partial charge is 0.341 e. The fourth-order valence-electron chi connectivity index (χ4n) is 3.85. The minimum Gasteiger partial charge on any atom is -0.339 e. The topological polar surface area (TPSA) is 105 Å². The third-order valence-electron chi connectivity index (χ3n) is 5.45. The van der Waals surface area contributed by atoms with Gasteiger partial charge in [0.2, 0.25) is 27.5 Å². The molecule has 0 saturated carbocycles. The maximum Gasteiger partial charge on any atom is 0.341 e. The SMILES string of the molecule is O=C(CN1CCCC(c2nc(-c3cccc(F)c3)no2)C1)Nc1ccccc1S(=O)(=O)C(F)F. The van der Waals surface area contributed by atoms with Crippen molar-refractivity contribution < 1.29 is 30.9 Å². The third-order valence-corrected chi connectivity index (χ3v) is 6.89.